The van der Waals surface area contributed by atoms with Gasteiger partial charge in [-0.15, -0.1) is 0 Å². The molecule has 0 fully saturated rings. The first-order chi connectivity index (χ1) is 14.9. The molecular weight excluding hydrogens is 418 g/mol. The standard InChI is InChI=1S/C24H22ClNO5/c1-5-31-18-11-16(25)15(10-17(18)29-3)20-19(24(28)30-4)12(2)26-22-13-8-6-7-9-14(13)23(27)21(20)22/h6-11,20,26H,5H2,1-4H3. The van der Waals surface area contributed by atoms with Crippen LogP contribution in [0.5, 0.6) is 11.5 Å². The lowest BCUT2D eigenvalue weighted by atomic mass is 9.79. The number of hydrogen-bond acceptors (Lipinski definition) is 6. The van der Waals surface area contributed by atoms with E-state index in [9.17, 15) is 9.59 Å². The summed E-state index contributed by atoms with van der Waals surface area (Å²) < 4.78 is 16.2. The third kappa shape index (κ3) is 3.27. The third-order valence-corrected chi connectivity index (χ3v) is 5.88. The van der Waals surface area contributed by atoms with E-state index in [1.54, 1.807) is 25.1 Å². The molecule has 0 radical (unpaired) electrons. The normalized spacial score (nSPS) is 17.2. The summed E-state index contributed by atoms with van der Waals surface area (Å²) in [5.74, 6) is -0.453. The lowest BCUT2D eigenvalue weighted by Gasteiger charge is -2.30. The number of methoxy groups -OCH3 is 2. The molecule has 0 bridgehead atoms. The number of ketones is 1. The van der Waals surface area contributed by atoms with Crippen LogP contribution in [0.3, 0.4) is 0 Å². The van der Waals surface area contributed by atoms with Crippen molar-refractivity contribution < 1.29 is 23.8 Å². The summed E-state index contributed by atoms with van der Waals surface area (Å²) in [6.07, 6.45) is 0. The molecule has 0 saturated heterocycles. The molecule has 7 heteroatoms. The lowest BCUT2D eigenvalue weighted by Crippen LogP contribution is -2.29. The average molecular weight is 440 g/mol. The number of hydrogen-bond donors (Lipinski definition) is 1. The van der Waals surface area contributed by atoms with E-state index < -0.39 is 11.9 Å². The van der Waals surface area contributed by atoms with Crippen LogP contribution in [0, 0.1) is 0 Å². The van der Waals surface area contributed by atoms with Crippen LogP contribution in [0.1, 0.15) is 41.3 Å². The van der Waals surface area contributed by atoms with E-state index in [0.717, 1.165) is 5.56 Å². The zero-order chi connectivity index (χ0) is 22.3. The molecule has 1 aliphatic heterocycles. The number of benzene rings is 2. The van der Waals surface area contributed by atoms with E-state index in [-0.39, 0.29) is 5.78 Å². The molecule has 2 aromatic carbocycles. The zero-order valence-corrected chi connectivity index (χ0v) is 18.4. The molecule has 0 saturated carbocycles. The summed E-state index contributed by atoms with van der Waals surface area (Å²) in [5, 5.41) is 3.61. The third-order valence-electron chi connectivity index (χ3n) is 5.55. The van der Waals surface area contributed by atoms with Crippen molar-refractivity contribution >= 4 is 29.1 Å². The van der Waals surface area contributed by atoms with Crippen molar-refractivity contribution in [1.82, 2.24) is 5.32 Å². The Morgan fingerprint density at radius 3 is 2.48 bits per heavy atom. The molecule has 1 atom stereocenters. The van der Waals surface area contributed by atoms with Crippen molar-refractivity contribution in [3.63, 3.8) is 0 Å². The van der Waals surface area contributed by atoms with Gasteiger partial charge in [-0.05, 0) is 25.5 Å². The number of rotatable bonds is 5. The molecule has 6 nitrogen and oxygen atoms in total. The molecule has 0 amide bonds. The molecule has 4 rings (SSSR count). The highest BCUT2D eigenvalue weighted by Crippen LogP contribution is 2.49. The van der Waals surface area contributed by atoms with Crippen LogP contribution in [0.4, 0.5) is 0 Å². The zero-order valence-electron chi connectivity index (χ0n) is 17.7. The number of nitrogens with one attached hydrogen (secondary N) is 1. The highest BCUT2D eigenvalue weighted by molar-refractivity contribution is 6.32. The number of fused-ring (bicyclic) bond motifs is 2. The molecule has 2 aromatic rings. The van der Waals surface area contributed by atoms with E-state index in [1.165, 1.54) is 14.2 Å². The van der Waals surface area contributed by atoms with Crippen molar-refractivity contribution in [2.45, 2.75) is 19.8 Å². The summed E-state index contributed by atoms with van der Waals surface area (Å²) in [5.41, 5.74) is 4.01. The largest absolute Gasteiger partial charge is 0.493 e. The quantitative estimate of drug-likeness (QED) is 0.692. The van der Waals surface area contributed by atoms with Crippen molar-refractivity contribution in [2.75, 3.05) is 20.8 Å². The fourth-order valence-corrected chi connectivity index (χ4v) is 4.48. The Hall–Kier alpha value is -3.25. The maximum absolute atomic E-state index is 13.4. The van der Waals surface area contributed by atoms with Gasteiger partial charge in [-0.3, -0.25) is 4.79 Å². The minimum atomic E-state index is -0.722. The van der Waals surface area contributed by atoms with Gasteiger partial charge >= 0.3 is 5.97 Å². The number of dihydropyridines is 1. The van der Waals surface area contributed by atoms with Crippen LogP contribution in [0.25, 0.3) is 5.70 Å². The van der Waals surface area contributed by atoms with Gasteiger partial charge in [0.2, 0.25) is 0 Å². The molecular formula is C24H22ClNO5. The Kier molecular flexibility index (Phi) is 5.50. The van der Waals surface area contributed by atoms with Gasteiger partial charge in [0.1, 0.15) is 0 Å². The average Bonchev–Trinajstić information content (AvgIpc) is 3.05. The monoisotopic (exact) mass is 439 g/mol. The first kappa shape index (κ1) is 21.0. The second kappa shape index (κ2) is 8.12. The van der Waals surface area contributed by atoms with Crippen LogP contribution in [0.15, 0.2) is 53.2 Å². The van der Waals surface area contributed by atoms with Gasteiger partial charge in [-0.2, -0.15) is 0 Å². The highest BCUT2D eigenvalue weighted by Gasteiger charge is 2.43. The molecule has 1 heterocycles. The van der Waals surface area contributed by atoms with Gasteiger partial charge in [0.05, 0.1) is 38.0 Å². The second-order valence-electron chi connectivity index (χ2n) is 7.21. The minimum absolute atomic E-state index is 0.152. The van der Waals surface area contributed by atoms with E-state index in [4.69, 9.17) is 25.8 Å². The molecule has 31 heavy (non-hydrogen) atoms. The van der Waals surface area contributed by atoms with Crippen LogP contribution >= 0.6 is 11.6 Å². The van der Waals surface area contributed by atoms with Crippen molar-refractivity contribution in [2.24, 2.45) is 0 Å². The van der Waals surface area contributed by atoms with E-state index >= 15 is 0 Å². The Morgan fingerprint density at radius 1 is 1.13 bits per heavy atom. The number of carbonyl (C=O) groups excluding carboxylic acids is 2. The van der Waals surface area contributed by atoms with Crippen LogP contribution in [-0.4, -0.2) is 32.6 Å². The molecule has 1 N–H and O–H groups in total. The first-order valence-corrected chi connectivity index (χ1v) is 10.2. The maximum Gasteiger partial charge on any atom is 0.336 e. The number of Topliss-reactive ketones (excluding diaryl/α,β-unsaturated/α-hetero) is 1. The summed E-state index contributed by atoms with van der Waals surface area (Å²) >= 11 is 6.67. The van der Waals surface area contributed by atoms with Gasteiger partial charge in [-0.25, -0.2) is 4.79 Å². The fraction of sp³-hybridized carbons (Fsp3) is 0.250. The smallest absolute Gasteiger partial charge is 0.336 e. The molecule has 0 spiro atoms. The van der Waals surface area contributed by atoms with E-state index in [1.807, 2.05) is 25.1 Å². The van der Waals surface area contributed by atoms with E-state index in [0.29, 0.717) is 56.8 Å². The van der Waals surface area contributed by atoms with Crippen LogP contribution in [0.2, 0.25) is 5.02 Å². The van der Waals surface area contributed by atoms with Gasteiger partial charge < -0.3 is 19.5 Å². The summed E-state index contributed by atoms with van der Waals surface area (Å²) in [6.45, 7) is 4.09. The highest BCUT2D eigenvalue weighted by atomic mass is 35.5. The Bertz CT molecular complexity index is 1160. The number of halogens is 1. The maximum atomic E-state index is 13.4. The number of ether oxygens (including phenoxy) is 3. The Morgan fingerprint density at radius 2 is 1.84 bits per heavy atom. The van der Waals surface area contributed by atoms with Crippen molar-refractivity contribution in [3.05, 3.63) is 75.0 Å². The van der Waals surface area contributed by atoms with Crippen LogP contribution < -0.4 is 14.8 Å². The topological polar surface area (TPSA) is 73.9 Å². The second-order valence-corrected chi connectivity index (χ2v) is 7.62. The fourth-order valence-electron chi connectivity index (χ4n) is 4.22. The lowest BCUT2D eigenvalue weighted by molar-refractivity contribution is -0.136. The molecule has 1 unspecified atom stereocenters. The Labute approximate surface area is 185 Å². The summed E-state index contributed by atoms with van der Waals surface area (Å²) in [7, 11) is 2.84. The first-order valence-electron chi connectivity index (χ1n) is 9.87. The van der Waals surface area contributed by atoms with Gasteiger partial charge in [0.15, 0.2) is 17.3 Å². The number of esters is 1. The summed E-state index contributed by atoms with van der Waals surface area (Å²) in [6, 6.07) is 10.7. The van der Waals surface area contributed by atoms with Gasteiger partial charge in [0.25, 0.3) is 0 Å². The molecule has 0 aromatic heterocycles. The molecule has 160 valence electrons. The number of carbonyl (C=O) groups is 2. The number of allylic oxidation sites excluding steroid dienone is 2. The van der Waals surface area contributed by atoms with Gasteiger partial charge in [0, 0.05) is 33.5 Å². The summed E-state index contributed by atoms with van der Waals surface area (Å²) in [4.78, 5) is 26.3. The molecule has 2 aliphatic rings. The van der Waals surface area contributed by atoms with Gasteiger partial charge in [-0.1, -0.05) is 35.9 Å². The predicted molar refractivity (Wildman–Crippen MR) is 117 cm³/mol. The minimum Gasteiger partial charge on any atom is -0.493 e. The van der Waals surface area contributed by atoms with Crippen molar-refractivity contribution in [1.29, 1.82) is 0 Å². The Balaban J connectivity index is 1.98. The SMILES string of the molecule is CCOc1cc(Cl)c(C2C(C(=O)OC)=C(C)NC3=C2C(=O)c2ccccc23)cc1OC. The van der Waals surface area contributed by atoms with E-state index in [2.05, 4.69) is 5.32 Å². The molecule has 1 aliphatic carbocycles. The predicted octanol–water partition coefficient (Wildman–Crippen LogP) is 4.49. The van der Waals surface area contributed by atoms with Crippen molar-refractivity contribution in [3.8, 4) is 11.5 Å². The van der Waals surface area contributed by atoms with Crippen LogP contribution in [-0.2, 0) is 9.53 Å².